The van der Waals surface area contributed by atoms with E-state index in [0.717, 1.165) is 22.4 Å². The quantitative estimate of drug-likeness (QED) is 0.687. The summed E-state index contributed by atoms with van der Waals surface area (Å²) in [6, 6.07) is 7.18. The molecule has 2 N–H and O–H groups in total. The van der Waals surface area contributed by atoms with Crippen molar-refractivity contribution in [3.63, 3.8) is 0 Å². The van der Waals surface area contributed by atoms with Gasteiger partial charge >= 0.3 is 0 Å². The first-order valence-electron chi connectivity index (χ1n) is 11.5. The van der Waals surface area contributed by atoms with Gasteiger partial charge in [-0.05, 0) is 70.2 Å². The van der Waals surface area contributed by atoms with Gasteiger partial charge < -0.3 is 15.4 Å². The number of rotatable bonds is 4. The van der Waals surface area contributed by atoms with Crippen LogP contribution in [-0.2, 0) is 19.6 Å². The van der Waals surface area contributed by atoms with Crippen molar-refractivity contribution in [1.82, 2.24) is 4.31 Å². The highest BCUT2D eigenvalue weighted by atomic mass is 32.2. The van der Waals surface area contributed by atoms with E-state index in [2.05, 4.69) is 10.6 Å². The van der Waals surface area contributed by atoms with E-state index in [-0.39, 0.29) is 35.7 Å². The molecule has 0 saturated carbocycles. The number of piperidine rings is 1. The van der Waals surface area contributed by atoms with E-state index in [9.17, 15) is 18.0 Å². The maximum absolute atomic E-state index is 13.4. The molecule has 0 aromatic heterocycles. The van der Waals surface area contributed by atoms with Gasteiger partial charge in [0.15, 0.2) is 6.10 Å². The number of ether oxygens (including phenoxy) is 1. The number of nitrogens with zero attached hydrogens (tertiary/aromatic N) is 1. The summed E-state index contributed by atoms with van der Waals surface area (Å²) in [5.74, 6) is -0.251. The smallest absolute Gasteiger partial charge is 0.265 e. The zero-order valence-corrected chi connectivity index (χ0v) is 21.0. The molecular weight excluding hydrogens is 454 g/mol. The predicted octanol–water partition coefficient (Wildman–Crippen LogP) is 3.68. The van der Waals surface area contributed by atoms with Gasteiger partial charge in [0.1, 0.15) is 5.75 Å². The molecule has 2 aliphatic rings. The molecule has 0 radical (unpaired) electrons. The Hall–Kier alpha value is -2.91. The summed E-state index contributed by atoms with van der Waals surface area (Å²) in [5, 5.41) is 5.79. The minimum atomic E-state index is -3.77. The standard InChI is InChI=1S/C25H31N3O5S/c1-14-10-16(3)23(17(4)11-14)27-25(30)19-6-8-28(9-7-19)34(31,32)22-13-21-20(12-15(22)2)26-24(29)18(5)33-21/h10-13,18-19H,6-9H2,1-5H3,(H,26,29)(H,27,30). The molecule has 0 bridgehead atoms. The average molecular weight is 486 g/mol. The molecule has 2 heterocycles. The number of benzene rings is 2. The Morgan fingerprint density at radius 2 is 1.65 bits per heavy atom. The van der Waals surface area contributed by atoms with Crippen LogP contribution in [0.5, 0.6) is 5.75 Å². The van der Waals surface area contributed by atoms with Crippen LogP contribution in [0.15, 0.2) is 29.2 Å². The van der Waals surface area contributed by atoms with Gasteiger partial charge in [0.05, 0.1) is 10.6 Å². The molecule has 1 unspecified atom stereocenters. The number of fused-ring (bicyclic) bond motifs is 1. The maximum atomic E-state index is 13.4. The molecule has 2 aromatic carbocycles. The number of nitrogens with one attached hydrogen (secondary N) is 2. The molecule has 34 heavy (non-hydrogen) atoms. The summed E-state index contributed by atoms with van der Waals surface area (Å²) in [6.07, 6.45) is 0.200. The highest BCUT2D eigenvalue weighted by molar-refractivity contribution is 7.89. The molecule has 2 aliphatic heterocycles. The van der Waals surface area contributed by atoms with E-state index in [1.165, 1.54) is 10.4 Å². The molecule has 8 nitrogen and oxygen atoms in total. The molecule has 182 valence electrons. The summed E-state index contributed by atoms with van der Waals surface area (Å²) >= 11 is 0. The summed E-state index contributed by atoms with van der Waals surface area (Å²) < 4.78 is 33.9. The molecule has 2 amide bonds. The van der Waals surface area contributed by atoms with Crippen molar-refractivity contribution in [2.45, 2.75) is 58.5 Å². The Morgan fingerprint density at radius 1 is 1.03 bits per heavy atom. The number of carbonyl (C=O) groups excluding carboxylic acids is 2. The van der Waals surface area contributed by atoms with Crippen LogP contribution < -0.4 is 15.4 Å². The fourth-order valence-electron chi connectivity index (χ4n) is 4.72. The van der Waals surface area contributed by atoms with Crippen molar-refractivity contribution >= 4 is 33.2 Å². The van der Waals surface area contributed by atoms with E-state index < -0.39 is 16.1 Å². The number of carbonyl (C=O) groups is 2. The number of hydrogen-bond acceptors (Lipinski definition) is 5. The van der Waals surface area contributed by atoms with Crippen molar-refractivity contribution in [2.24, 2.45) is 5.92 Å². The van der Waals surface area contributed by atoms with Crippen molar-refractivity contribution in [2.75, 3.05) is 23.7 Å². The summed E-state index contributed by atoms with van der Waals surface area (Å²) in [7, 11) is -3.77. The number of sulfonamides is 1. The van der Waals surface area contributed by atoms with E-state index in [1.807, 2.05) is 32.9 Å². The van der Waals surface area contributed by atoms with Gasteiger partial charge in [0.2, 0.25) is 15.9 Å². The van der Waals surface area contributed by atoms with Crippen molar-refractivity contribution in [1.29, 1.82) is 0 Å². The molecule has 9 heteroatoms. The van der Waals surface area contributed by atoms with Gasteiger partial charge in [0.25, 0.3) is 5.91 Å². The van der Waals surface area contributed by atoms with Crippen LogP contribution in [0.3, 0.4) is 0 Å². The number of anilines is 2. The molecule has 2 aromatic rings. The molecule has 1 saturated heterocycles. The van der Waals surface area contributed by atoms with Gasteiger partial charge in [-0.3, -0.25) is 9.59 Å². The molecular formula is C25H31N3O5S. The zero-order chi connectivity index (χ0) is 24.8. The Morgan fingerprint density at radius 3 is 2.26 bits per heavy atom. The lowest BCUT2D eigenvalue weighted by Crippen LogP contribution is -2.41. The van der Waals surface area contributed by atoms with Crippen LogP contribution in [0.25, 0.3) is 0 Å². The fraction of sp³-hybridized carbons (Fsp3) is 0.440. The number of aryl methyl sites for hydroxylation is 4. The second-order valence-corrected chi connectivity index (χ2v) is 11.2. The third-order valence-corrected chi connectivity index (χ3v) is 8.62. The van der Waals surface area contributed by atoms with Crippen molar-refractivity contribution in [3.05, 3.63) is 46.5 Å². The van der Waals surface area contributed by atoms with E-state index in [1.54, 1.807) is 19.9 Å². The van der Waals surface area contributed by atoms with Crippen molar-refractivity contribution in [3.8, 4) is 5.75 Å². The fourth-order valence-corrected chi connectivity index (χ4v) is 6.41. The van der Waals surface area contributed by atoms with Crippen LogP contribution in [0.4, 0.5) is 11.4 Å². The Bertz CT molecular complexity index is 1240. The van der Waals surface area contributed by atoms with E-state index in [0.29, 0.717) is 29.8 Å². The average Bonchev–Trinajstić information content (AvgIpc) is 2.77. The molecule has 1 fully saturated rings. The van der Waals surface area contributed by atoms with E-state index in [4.69, 9.17) is 4.74 Å². The summed E-state index contributed by atoms with van der Waals surface area (Å²) in [5.41, 5.74) is 5.00. The van der Waals surface area contributed by atoms with Crippen LogP contribution in [0.1, 0.15) is 42.0 Å². The topological polar surface area (TPSA) is 105 Å². The minimum absolute atomic E-state index is 0.0739. The van der Waals surface area contributed by atoms with Crippen LogP contribution in [0.2, 0.25) is 0 Å². The predicted molar refractivity (Wildman–Crippen MR) is 131 cm³/mol. The highest BCUT2D eigenvalue weighted by Crippen LogP contribution is 2.36. The largest absolute Gasteiger partial charge is 0.479 e. The second kappa shape index (κ2) is 9.03. The van der Waals surface area contributed by atoms with Gasteiger partial charge in [0, 0.05) is 30.8 Å². The van der Waals surface area contributed by atoms with Gasteiger partial charge in [-0.2, -0.15) is 4.31 Å². The first kappa shape index (κ1) is 24.2. The Labute approximate surface area is 200 Å². The monoisotopic (exact) mass is 485 g/mol. The second-order valence-electron chi connectivity index (χ2n) is 9.30. The lowest BCUT2D eigenvalue weighted by Gasteiger charge is -2.32. The Balaban J connectivity index is 1.46. The maximum Gasteiger partial charge on any atom is 0.265 e. The third kappa shape index (κ3) is 4.54. The zero-order valence-electron chi connectivity index (χ0n) is 20.2. The minimum Gasteiger partial charge on any atom is -0.479 e. The number of amides is 2. The lowest BCUT2D eigenvalue weighted by atomic mass is 9.96. The molecule has 0 spiro atoms. The molecule has 1 atom stereocenters. The summed E-state index contributed by atoms with van der Waals surface area (Å²) in [6.45, 7) is 9.80. The third-order valence-electron chi connectivity index (χ3n) is 6.58. The van der Waals surface area contributed by atoms with Gasteiger partial charge in [-0.25, -0.2) is 8.42 Å². The van der Waals surface area contributed by atoms with Crippen LogP contribution in [0, 0.1) is 33.6 Å². The Kier molecular flexibility index (Phi) is 6.44. The number of hydrogen-bond donors (Lipinski definition) is 2. The van der Waals surface area contributed by atoms with E-state index >= 15 is 0 Å². The summed E-state index contributed by atoms with van der Waals surface area (Å²) in [4.78, 5) is 24.9. The van der Waals surface area contributed by atoms with Crippen LogP contribution in [-0.4, -0.2) is 43.7 Å². The normalized spacial score (nSPS) is 19.2. The van der Waals surface area contributed by atoms with Gasteiger partial charge in [-0.15, -0.1) is 0 Å². The first-order chi connectivity index (χ1) is 16.0. The SMILES string of the molecule is Cc1cc(C)c(NC(=O)C2CCN(S(=O)(=O)c3cc4c(cc3C)NC(=O)C(C)O4)CC2)c(C)c1. The van der Waals surface area contributed by atoms with Gasteiger partial charge in [-0.1, -0.05) is 17.7 Å². The lowest BCUT2D eigenvalue weighted by molar-refractivity contribution is -0.123. The van der Waals surface area contributed by atoms with Crippen molar-refractivity contribution < 1.29 is 22.7 Å². The highest BCUT2D eigenvalue weighted by Gasteiger charge is 2.34. The first-order valence-corrected chi connectivity index (χ1v) is 12.9. The molecule has 0 aliphatic carbocycles. The molecule has 4 rings (SSSR count). The van der Waals surface area contributed by atoms with Crippen LogP contribution >= 0.6 is 0 Å².